The minimum atomic E-state index is -0.328. The summed E-state index contributed by atoms with van der Waals surface area (Å²) in [6.07, 6.45) is 2.41. The molecule has 1 saturated heterocycles. The Morgan fingerprint density at radius 3 is 2.57 bits per heavy atom. The van der Waals surface area contributed by atoms with Crippen molar-refractivity contribution in [2.75, 3.05) is 19.0 Å². The van der Waals surface area contributed by atoms with Gasteiger partial charge in [-0.1, -0.05) is 43.3 Å². The number of hydrogen-bond acceptors (Lipinski definition) is 3. The fraction of sp³-hybridized carbons (Fsp3) is 0.391. The minimum absolute atomic E-state index is 0. The van der Waals surface area contributed by atoms with Crippen LogP contribution in [-0.4, -0.2) is 31.6 Å². The molecule has 1 amide bonds. The Morgan fingerprint density at radius 2 is 1.87 bits per heavy atom. The molecule has 6 nitrogen and oxygen atoms in total. The van der Waals surface area contributed by atoms with E-state index in [1.165, 1.54) is 11.1 Å². The van der Waals surface area contributed by atoms with Crippen LogP contribution in [0.4, 0.5) is 5.69 Å². The van der Waals surface area contributed by atoms with Crippen LogP contribution in [0.3, 0.4) is 0 Å². The number of aliphatic imine (C=N–C) groups is 1. The van der Waals surface area contributed by atoms with E-state index < -0.39 is 0 Å². The van der Waals surface area contributed by atoms with Crippen molar-refractivity contribution in [2.24, 2.45) is 4.99 Å². The van der Waals surface area contributed by atoms with E-state index in [-0.39, 0.29) is 36.0 Å². The number of guanidine groups is 1. The molecule has 3 N–H and O–H groups in total. The molecule has 1 aliphatic rings. The number of nitrogens with one attached hydrogen (secondary N) is 3. The monoisotopic (exact) mass is 522 g/mol. The number of rotatable bonds is 7. The molecule has 0 bridgehead atoms. The molecule has 1 heterocycles. The third-order valence-corrected chi connectivity index (χ3v) is 5.05. The van der Waals surface area contributed by atoms with Gasteiger partial charge < -0.3 is 20.7 Å². The number of ether oxygens (including phenoxy) is 1. The number of carbonyl (C=O) groups is 1. The zero-order valence-electron chi connectivity index (χ0n) is 17.6. The first kappa shape index (κ1) is 24.1. The van der Waals surface area contributed by atoms with Crippen molar-refractivity contribution in [2.45, 2.75) is 45.4 Å². The van der Waals surface area contributed by atoms with E-state index in [2.05, 4.69) is 52.1 Å². The number of hydrogen-bond donors (Lipinski definition) is 3. The lowest BCUT2D eigenvalue weighted by atomic mass is 10.1. The van der Waals surface area contributed by atoms with Gasteiger partial charge in [0.2, 0.25) is 0 Å². The first-order valence-electron chi connectivity index (χ1n) is 10.2. The molecular formula is C23H31IN4O2. The second kappa shape index (κ2) is 12.5. The topological polar surface area (TPSA) is 74.8 Å². The van der Waals surface area contributed by atoms with Crippen molar-refractivity contribution in [3.8, 4) is 0 Å². The van der Waals surface area contributed by atoms with Crippen LogP contribution in [0.25, 0.3) is 0 Å². The van der Waals surface area contributed by atoms with E-state index in [0.717, 1.165) is 43.0 Å². The number of halogens is 1. The quantitative estimate of drug-likeness (QED) is 0.294. The maximum atomic E-state index is 12.2. The van der Waals surface area contributed by atoms with Crippen LogP contribution in [0.2, 0.25) is 0 Å². The second-order valence-corrected chi connectivity index (χ2v) is 7.09. The van der Waals surface area contributed by atoms with Crippen molar-refractivity contribution < 1.29 is 9.53 Å². The average Bonchev–Trinajstić information content (AvgIpc) is 3.29. The van der Waals surface area contributed by atoms with Crippen LogP contribution in [0, 0.1) is 0 Å². The van der Waals surface area contributed by atoms with Crippen molar-refractivity contribution in [3.05, 3.63) is 65.2 Å². The third kappa shape index (κ3) is 6.98. The highest BCUT2D eigenvalue weighted by atomic mass is 127. The van der Waals surface area contributed by atoms with Gasteiger partial charge >= 0.3 is 0 Å². The molecule has 1 unspecified atom stereocenters. The van der Waals surface area contributed by atoms with E-state index in [1.54, 1.807) is 7.05 Å². The van der Waals surface area contributed by atoms with Gasteiger partial charge in [-0.2, -0.15) is 0 Å². The molecule has 162 valence electrons. The SMILES string of the molecule is CCc1ccccc1CNC(=NC)NCc1cccc(NC(=O)C2CCCO2)c1.I. The highest BCUT2D eigenvalue weighted by Gasteiger charge is 2.23. The van der Waals surface area contributed by atoms with Gasteiger partial charge in [0, 0.05) is 32.4 Å². The van der Waals surface area contributed by atoms with Crippen LogP contribution < -0.4 is 16.0 Å². The van der Waals surface area contributed by atoms with E-state index in [1.807, 2.05) is 24.3 Å². The lowest BCUT2D eigenvalue weighted by Crippen LogP contribution is -2.36. The van der Waals surface area contributed by atoms with Crippen LogP contribution in [0.5, 0.6) is 0 Å². The number of anilines is 1. The maximum absolute atomic E-state index is 12.2. The summed E-state index contributed by atoms with van der Waals surface area (Å²) < 4.78 is 5.44. The van der Waals surface area contributed by atoms with E-state index >= 15 is 0 Å². The van der Waals surface area contributed by atoms with Crippen LogP contribution in [0.1, 0.15) is 36.5 Å². The number of carbonyl (C=O) groups excluding carboxylic acids is 1. The number of benzene rings is 2. The van der Waals surface area contributed by atoms with Gasteiger partial charge in [0.05, 0.1) is 0 Å². The summed E-state index contributed by atoms with van der Waals surface area (Å²) in [5.74, 6) is 0.671. The maximum Gasteiger partial charge on any atom is 0.253 e. The highest BCUT2D eigenvalue weighted by Crippen LogP contribution is 2.16. The van der Waals surface area contributed by atoms with Crippen LogP contribution >= 0.6 is 24.0 Å². The molecule has 3 rings (SSSR count). The molecule has 1 fully saturated rings. The van der Waals surface area contributed by atoms with Gasteiger partial charge in [0.15, 0.2) is 5.96 Å². The molecule has 0 aliphatic carbocycles. The zero-order valence-corrected chi connectivity index (χ0v) is 19.9. The Kier molecular flexibility index (Phi) is 10.1. The van der Waals surface area contributed by atoms with Gasteiger partial charge in [-0.05, 0) is 48.1 Å². The third-order valence-electron chi connectivity index (χ3n) is 5.05. The lowest BCUT2D eigenvalue weighted by molar-refractivity contribution is -0.124. The second-order valence-electron chi connectivity index (χ2n) is 7.09. The van der Waals surface area contributed by atoms with Crippen molar-refractivity contribution >= 4 is 41.5 Å². The number of nitrogens with zero attached hydrogens (tertiary/aromatic N) is 1. The summed E-state index contributed by atoms with van der Waals surface area (Å²) in [6.45, 7) is 4.16. The van der Waals surface area contributed by atoms with E-state index in [0.29, 0.717) is 13.2 Å². The Bertz CT molecular complexity index is 851. The summed E-state index contributed by atoms with van der Waals surface area (Å²) in [6, 6.07) is 16.3. The molecule has 0 saturated carbocycles. The van der Waals surface area contributed by atoms with Gasteiger partial charge in [-0.25, -0.2) is 0 Å². The van der Waals surface area contributed by atoms with Gasteiger partial charge in [0.1, 0.15) is 6.10 Å². The van der Waals surface area contributed by atoms with Gasteiger partial charge in [0.25, 0.3) is 5.91 Å². The van der Waals surface area contributed by atoms with Crippen LogP contribution in [-0.2, 0) is 29.0 Å². The molecule has 0 spiro atoms. The lowest BCUT2D eigenvalue weighted by Gasteiger charge is -2.15. The average molecular weight is 522 g/mol. The van der Waals surface area contributed by atoms with E-state index in [9.17, 15) is 4.79 Å². The van der Waals surface area contributed by atoms with E-state index in [4.69, 9.17) is 4.74 Å². The van der Waals surface area contributed by atoms with Crippen molar-refractivity contribution in [1.29, 1.82) is 0 Å². The first-order chi connectivity index (χ1) is 14.2. The minimum Gasteiger partial charge on any atom is -0.368 e. The fourth-order valence-corrected chi connectivity index (χ4v) is 3.43. The van der Waals surface area contributed by atoms with Crippen molar-refractivity contribution in [1.82, 2.24) is 10.6 Å². The zero-order chi connectivity index (χ0) is 20.5. The molecule has 1 atom stereocenters. The Balaban J connectivity index is 0.00000320. The summed E-state index contributed by atoms with van der Waals surface area (Å²) in [4.78, 5) is 16.5. The number of amides is 1. The molecule has 2 aromatic carbocycles. The number of aryl methyl sites for hydroxylation is 1. The summed E-state index contributed by atoms with van der Waals surface area (Å²) >= 11 is 0. The highest BCUT2D eigenvalue weighted by molar-refractivity contribution is 14.0. The summed E-state index contributed by atoms with van der Waals surface area (Å²) in [5, 5.41) is 9.65. The summed E-state index contributed by atoms with van der Waals surface area (Å²) in [5.41, 5.74) is 4.46. The Morgan fingerprint density at radius 1 is 1.10 bits per heavy atom. The molecular weight excluding hydrogens is 491 g/mol. The van der Waals surface area contributed by atoms with Gasteiger partial charge in [-0.3, -0.25) is 9.79 Å². The smallest absolute Gasteiger partial charge is 0.253 e. The molecule has 30 heavy (non-hydrogen) atoms. The Hall–Kier alpha value is -2.13. The molecule has 2 aromatic rings. The standard InChI is InChI=1S/C23H30N4O2.HI/c1-3-18-9-4-5-10-19(18)16-26-23(24-2)25-15-17-8-6-11-20(14-17)27-22(28)21-12-7-13-29-21;/h4-6,8-11,14,21H,3,7,12-13,15-16H2,1-2H3,(H,27,28)(H2,24,25,26);1H. The molecule has 0 radical (unpaired) electrons. The predicted molar refractivity (Wildman–Crippen MR) is 132 cm³/mol. The largest absolute Gasteiger partial charge is 0.368 e. The van der Waals surface area contributed by atoms with Crippen molar-refractivity contribution in [3.63, 3.8) is 0 Å². The van der Waals surface area contributed by atoms with Crippen LogP contribution in [0.15, 0.2) is 53.5 Å². The Labute approximate surface area is 195 Å². The summed E-state index contributed by atoms with van der Waals surface area (Å²) in [7, 11) is 1.76. The molecule has 0 aromatic heterocycles. The molecule has 1 aliphatic heterocycles. The van der Waals surface area contributed by atoms with Gasteiger partial charge in [-0.15, -0.1) is 24.0 Å². The normalized spacial score (nSPS) is 15.9. The predicted octanol–water partition coefficient (Wildman–Crippen LogP) is 3.85. The first-order valence-corrected chi connectivity index (χ1v) is 10.2. The molecule has 7 heteroatoms. The fourth-order valence-electron chi connectivity index (χ4n) is 3.43.